The average molecular weight is 301 g/mol. The van der Waals surface area contributed by atoms with Crippen LogP contribution in [0.2, 0.25) is 10.0 Å². The molecule has 0 unspecified atom stereocenters. The highest BCUT2D eigenvalue weighted by Crippen LogP contribution is 2.34. The Morgan fingerprint density at radius 3 is 2.68 bits per heavy atom. The van der Waals surface area contributed by atoms with Crippen LogP contribution in [0.15, 0.2) is 18.3 Å². The summed E-state index contributed by atoms with van der Waals surface area (Å²) in [4.78, 5) is 10.5. The number of nitro groups is 1. The van der Waals surface area contributed by atoms with Crippen molar-refractivity contribution in [2.75, 3.05) is 5.32 Å². The number of halogens is 2. The molecule has 0 fully saturated rings. The van der Waals surface area contributed by atoms with Gasteiger partial charge in [0.15, 0.2) is 0 Å². The number of nitrogens with one attached hydrogen (secondary N) is 2. The summed E-state index contributed by atoms with van der Waals surface area (Å²) in [7, 11) is 0. The van der Waals surface area contributed by atoms with E-state index in [4.69, 9.17) is 23.2 Å². The molecule has 1 aromatic carbocycles. The van der Waals surface area contributed by atoms with Crippen molar-refractivity contribution in [3.8, 4) is 0 Å². The molecule has 19 heavy (non-hydrogen) atoms. The van der Waals surface area contributed by atoms with Gasteiger partial charge in [0.05, 0.1) is 21.2 Å². The van der Waals surface area contributed by atoms with Gasteiger partial charge in [-0.25, -0.2) is 0 Å². The van der Waals surface area contributed by atoms with Crippen molar-refractivity contribution < 1.29 is 4.92 Å². The number of nitro benzene ring substituents is 1. The van der Waals surface area contributed by atoms with Crippen LogP contribution in [0.3, 0.4) is 0 Å². The van der Waals surface area contributed by atoms with Gasteiger partial charge >= 0.3 is 0 Å². The molecule has 1 aromatic heterocycles. The fraction of sp³-hybridized carbons (Fsp3) is 0.182. The second kappa shape index (κ2) is 5.46. The topological polar surface area (TPSA) is 83.8 Å². The Morgan fingerprint density at radius 1 is 1.42 bits per heavy atom. The molecule has 0 aliphatic rings. The van der Waals surface area contributed by atoms with Crippen molar-refractivity contribution in [3.63, 3.8) is 0 Å². The van der Waals surface area contributed by atoms with E-state index in [1.54, 1.807) is 6.20 Å². The van der Waals surface area contributed by atoms with Crippen LogP contribution < -0.4 is 5.32 Å². The molecule has 0 atom stereocenters. The minimum Gasteiger partial charge on any atom is -0.375 e. The Labute approximate surface area is 118 Å². The summed E-state index contributed by atoms with van der Waals surface area (Å²) in [5, 5.41) is 21.0. The van der Waals surface area contributed by atoms with Crippen LogP contribution in [0.25, 0.3) is 0 Å². The molecule has 1 heterocycles. The molecule has 0 aliphatic heterocycles. The zero-order valence-electron chi connectivity index (χ0n) is 9.91. The van der Waals surface area contributed by atoms with E-state index in [0.717, 1.165) is 11.3 Å². The predicted molar refractivity (Wildman–Crippen MR) is 73.8 cm³/mol. The first kappa shape index (κ1) is 13.6. The fourth-order valence-corrected chi connectivity index (χ4v) is 1.89. The van der Waals surface area contributed by atoms with Crippen LogP contribution in [0.5, 0.6) is 0 Å². The number of anilines is 1. The maximum absolute atomic E-state index is 11.0. The van der Waals surface area contributed by atoms with E-state index < -0.39 is 4.92 Å². The second-order valence-corrected chi connectivity index (χ2v) is 4.73. The molecule has 0 amide bonds. The number of hydrogen-bond acceptors (Lipinski definition) is 4. The molecule has 2 aromatic rings. The van der Waals surface area contributed by atoms with E-state index >= 15 is 0 Å². The van der Waals surface area contributed by atoms with Crippen molar-refractivity contribution in [1.82, 2.24) is 10.2 Å². The molecule has 0 bridgehead atoms. The van der Waals surface area contributed by atoms with Crippen LogP contribution in [0, 0.1) is 17.0 Å². The summed E-state index contributed by atoms with van der Waals surface area (Å²) in [5.74, 6) is 0. The summed E-state index contributed by atoms with van der Waals surface area (Å²) in [5.41, 5.74) is 2.02. The molecule has 2 rings (SSSR count). The van der Waals surface area contributed by atoms with E-state index in [-0.39, 0.29) is 15.7 Å². The van der Waals surface area contributed by atoms with Crippen molar-refractivity contribution in [1.29, 1.82) is 0 Å². The first-order valence-corrected chi connectivity index (χ1v) is 6.10. The number of H-pyrrole nitrogens is 1. The monoisotopic (exact) mass is 300 g/mol. The van der Waals surface area contributed by atoms with Crippen LogP contribution >= 0.6 is 23.2 Å². The maximum Gasteiger partial charge on any atom is 0.293 e. The zero-order chi connectivity index (χ0) is 14.0. The van der Waals surface area contributed by atoms with Crippen LogP contribution in [0.4, 0.5) is 11.4 Å². The van der Waals surface area contributed by atoms with Gasteiger partial charge in [0.1, 0.15) is 5.69 Å². The van der Waals surface area contributed by atoms with Crippen molar-refractivity contribution in [2.45, 2.75) is 13.5 Å². The minimum absolute atomic E-state index is 0.115. The van der Waals surface area contributed by atoms with E-state index in [9.17, 15) is 10.1 Å². The number of rotatable bonds is 4. The SMILES string of the molecule is Cc1[nH]ncc1CNc1cc(Cl)c(Cl)cc1[N+](=O)[O-]. The number of benzene rings is 1. The van der Waals surface area contributed by atoms with Crippen LogP contribution in [-0.4, -0.2) is 15.1 Å². The quantitative estimate of drug-likeness (QED) is 0.668. The maximum atomic E-state index is 11.0. The van der Waals surface area contributed by atoms with Gasteiger partial charge in [-0.15, -0.1) is 0 Å². The Hall–Kier alpha value is -1.79. The van der Waals surface area contributed by atoms with E-state index in [0.29, 0.717) is 12.2 Å². The van der Waals surface area contributed by atoms with Crippen molar-refractivity contribution >= 4 is 34.6 Å². The predicted octanol–water partition coefficient (Wildman–Crippen LogP) is 3.55. The van der Waals surface area contributed by atoms with Crippen molar-refractivity contribution in [3.05, 3.63) is 49.7 Å². The highest BCUT2D eigenvalue weighted by molar-refractivity contribution is 6.42. The van der Waals surface area contributed by atoms with Gasteiger partial charge in [0, 0.05) is 23.9 Å². The van der Waals surface area contributed by atoms with Gasteiger partial charge in [-0.1, -0.05) is 23.2 Å². The van der Waals surface area contributed by atoms with Crippen LogP contribution in [0.1, 0.15) is 11.3 Å². The zero-order valence-corrected chi connectivity index (χ0v) is 11.4. The van der Waals surface area contributed by atoms with Gasteiger partial charge in [0.2, 0.25) is 0 Å². The fourth-order valence-electron chi connectivity index (χ4n) is 1.57. The molecule has 8 heteroatoms. The number of aryl methyl sites for hydroxylation is 1. The molecule has 0 spiro atoms. The van der Waals surface area contributed by atoms with E-state index in [1.165, 1.54) is 12.1 Å². The number of hydrogen-bond donors (Lipinski definition) is 2. The van der Waals surface area contributed by atoms with E-state index in [2.05, 4.69) is 15.5 Å². The summed E-state index contributed by atoms with van der Waals surface area (Å²) < 4.78 is 0. The van der Waals surface area contributed by atoms with Crippen molar-refractivity contribution in [2.24, 2.45) is 0 Å². The highest BCUT2D eigenvalue weighted by atomic mass is 35.5. The van der Waals surface area contributed by atoms with E-state index in [1.807, 2.05) is 6.92 Å². The van der Waals surface area contributed by atoms with Gasteiger partial charge in [0.25, 0.3) is 5.69 Å². The summed E-state index contributed by atoms with van der Waals surface area (Å²) in [6, 6.07) is 2.67. The average Bonchev–Trinajstić information content (AvgIpc) is 2.75. The number of nitrogens with zero attached hydrogens (tertiary/aromatic N) is 2. The first-order chi connectivity index (χ1) is 8.99. The molecular weight excluding hydrogens is 291 g/mol. The van der Waals surface area contributed by atoms with Gasteiger partial charge in [-0.05, 0) is 13.0 Å². The smallest absolute Gasteiger partial charge is 0.293 e. The lowest BCUT2D eigenvalue weighted by Gasteiger charge is -2.08. The standard InChI is InChI=1S/C11H10Cl2N4O2/c1-6-7(5-15-16-6)4-14-10-2-8(12)9(13)3-11(10)17(18)19/h2-3,5,14H,4H2,1H3,(H,15,16). The lowest BCUT2D eigenvalue weighted by Crippen LogP contribution is -2.03. The number of aromatic amines is 1. The Bertz CT molecular complexity index is 627. The second-order valence-electron chi connectivity index (χ2n) is 3.91. The molecule has 6 nitrogen and oxygen atoms in total. The first-order valence-electron chi connectivity index (χ1n) is 5.35. The number of aromatic nitrogens is 2. The third-order valence-corrected chi connectivity index (χ3v) is 3.36. The third kappa shape index (κ3) is 2.97. The highest BCUT2D eigenvalue weighted by Gasteiger charge is 2.17. The molecule has 0 aliphatic carbocycles. The summed E-state index contributed by atoms with van der Waals surface area (Å²) >= 11 is 11.6. The van der Waals surface area contributed by atoms with Gasteiger partial charge < -0.3 is 5.32 Å². The molecule has 100 valence electrons. The summed E-state index contributed by atoms with van der Waals surface area (Å²) in [6.07, 6.45) is 1.66. The van der Waals surface area contributed by atoms with Gasteiger partial charge in [-0.2, -0.15) is 5.10 Å². The minimum atomic E-state index is -0.507. The molecule has 0 radical (unpaired) electrons. The Morgan fingerprint density at radius 2 is 2.11 bits per heavy atom. The normalized spacial score (nSPS) is 10.5. The molecule has 0 saturated heterocycles. The lowest BCUT2D eigenvalue weighted by atomic mass is 10.2. The van der Waals surface area contributed by atoms with Gasteiger partial charge in [-0.3, -0.25) is 15.2 Å². The Balaban J connectivity index is 2.26. The van der Waals surface area contributed by atoms with Crippen LogP contribution in [-0.2, 0) is 6.54 Å². The molecular formula is C11H10Cl2N4O2. The molecule has 0 saturated carbocycles. The lowest BCUT2D eigenvalue weighted by molar-refractivity contribution is -0.383. The molecule has 2 N–H and O–H groups in total. The largest absolute Gasteiger partial charge is 0.375 e. The Kier molecular flexibility index (Phi) is 3.92. The third-order valence-electron chi connectivity index (χ3n) is 2.64. The summed E-state index contributed by atoms with van der Waals surface area (Å²) in [6.45, 7) is 2.27.